The number of aliphatic hydroxyl groups is 1. The van der Waals surface area contributed by atoms with E-state index in [4.69, 9.17) is 0 Å². The van der Waals surface area contributed by atoms with Crippen molar-refractivity contribution in [1.29, 1.82) is 0 Å². The standard InChI is InChI=1S/C24H31N3O3/c1-17-4-3-5-21(14-17)24(30)26-18(2)23(29)25-15-19-6-8-20(9-7-19)16-27-12-10-22(28)11-13-27/h3-9,14,18,22,28H,10-13,15-16H2,1-2H3,(H,25,29)(H,26,30). The van der Waals surface area contributed by atoms with Gasteiger partial charge in [-0.3, -0.25) is 14.5 Å². The van der Waals surface area contributed by atoms with E-state index in [0.717, 1.165) is 43.6 Å². The molecule has 2 amide bonds. The molecule has 1 aliphatic heterocycles. The first-order valence-corrected chi connectivity index (χ1v) is 10.5. The smallest absolute Gasteiger partial charge is 0.251 e. The number of aryl methyl sites for hydroxylation is 1. The van der Waals surface area contributed by atoms with E-state index >= 15 is 0 Å². The van der Waals surface area contributed by atoms with Crippen molar-refractivity contribution in [1.82, 2.24) is 15.5 Å². The first kappa shape index (κ1) is 22.0. The molecule has 160 valence electrons. The van der Waals surface area contributed by atoms with Gasteiger partial charge in [0.15, 0.2) is 0 Å². The highest BCUT2D eigenvalue weighted by molar-refractivity contribution is 5.97. The summed E-state index contributed by atoms with van der Waals surface area (Å²) in [7, 11) is 0. The van der Waals surface area contributed by atoms with Gasteiger partial charge in [0.1, 0.15) is 6.04 Å². The van der Waals surface area contributed by atoms with Gasteiger partial charge in [-0.15, -0.1) is 0 Å². The minimum Gasteiger partial charge on any atom is -0.393 e. The molecule has 1 heterocycles. The van der Waals surface area contributed by atoms with Crippen molar-refractivity contribution in [3.63, 3.8) is 0 Å². The predicted molar refractivity (Wildman–Crippen MR) is 117 cm³/mol. The number of nitrogens with one attached hydrogen (secondary N) is 2. The molecular weight excluding hydrogens is 378 g/mol. The number of hydrogen-bond acceptors (Lipinski definition) is 4. The second-order valence-electron chi connectivity index (χ2n) is 8.11. The fourth-order valence-corrected chi connectivity index (χ4v) is 3.57. The number of carbonyl (C=O) groups is 2. The van der Waals surface area contributed by atoms with Gasteiger partial charge >= 0.3 is 0 Å². The number of rotatable bonds is 7. The van der Waals surface area contributed by atoms with E-state index < -0.39 is 6.04 Å². The van der Waals surface area contributed by atoms with E-state index in [1.807, 2.05) is 31.2 Å². The zero-order valence-electron chi connectivity index (χ0n) is 17.7. The molecule has 1 fully saturated rings. The minimum absolute atomic E-state index is 0.156. The van der Waals surface area contributed by atoms with Crippen LogP contribution in [0.2, 0.25) is 0 Å². The summed E-state index contributed by atoms with van der Waals surface area (Å²) in [5, 5.41) is 15.2. The van der Waals surface area contributed by atoms with Gasteiger partial charge in [0.25, 0.3) is 5.91 Å². The molecule has 3 rings (SSSR count). The molecule has 0 bridgehead atoms. The maximum Gasteiger partial charge on any atom is 0.251 e. The summed E-state index contributed by atoms with van der Waals surface area (Å²) in [6.45, 7) is 6.74. The molecule has 30 heavy (non-hydrogen) atoms. The van der Waals surface area contributed by atoms with Gasteiger partial charge in [0.05, 0.1) is 6.10 Å². The van der Waals surface area contributed by atoms with E-state index in [9.17, 15) is 14.7 Å². The van der Waals surface area contributed by atoms with Gasteiger partial charge in [0, 0.05) is 31.7 Å². The summed E-state index contributed by atoms with van der Waals surface area (Å²) < 4.78 is 0. The molecule has 0 radical (unpaired) electrons. The van der Waals surface area contributed by atoms with Crippen molar-refractivity contribution in [3.05, 3.63) is 70.8 Å². The molecule has 2 aromatic rings. The number of likely N-dealkylation sites (tertiary alicyclic amines) is 1. The molecule has 1 aliphatic rings. The lowest BCUT2D eigenvalue weighted by Gasteiger charge is -2.29. The van der Waals surface area contributed by atoms with Crippen molar-refractivity contribution in [2.75, 3.05) is 13.1 Å². The highest BCUT2D eigenvalue weighted by atomic mass is 16.3. The van der Waals surface area contributed by atoms with Crippen LogP contribution in [0.1, 0.15) is 46.8 Å². The molecule has 0 aromatic heterocycles. The molecule has 6 heteroatoms. The predicted octanol–water partition coefficient (Wildman–Crippen LogP) is 2.39. The molecule has 3 N–H and O–H groups in total. The molecular formula is C24H31N3O3. The fourth-order valence-electron chi connectivity index (χ4n) is 3.57. The normalized spacial score (nSPS) is 16.1. The lowest BCUT2D eigenvalue weighted by Crippen LogP contribution is -2.44. The van der Waals surface area contributed by atoms with E-state index in [1.165, 1.54) is 5.56 Å². The van der Waals surface area contributed by atoms with Crippen LogP contribution >= 0.6 is 0 Å². The highest BCUT2D eigenvalue weighted by Crippen LogP contribution is 2.14. The summed E-state index contributed by atoms with van der Waals surface area (Å²) in [6, 6.07) is 14.9. The number of nitrogens with zero attached hydrogens (tertiary/aromatic N) is 1. The van der Waals surface area contributed by atoms with Crippen molar-refractivity contribution in [3.8, 4) is 0 Å². The van der Waals surface area contributed by atoms with E-state index in [1.54, 1.807) is 19.1 Å². The van der Waals surface area contributed by atoms with Crippen LogP contribution < -0.4 is 10.6 Å². The summed E-state index contributed by atoms with van der Waals surface area (Å²) in [5.74, 6) is -0.470. The van der Waals surface area contributed by atoms with Crippen LogP contribution in [0.15, 0.2) is 48.5 Å². The first-order valence-electron chi connectivity index (χ1n) is 10.5. The molecule has 1 unspecified atom stereocenters. The Labute approximate surface area is 178 Å². The van der Waals surface area contributed by atoms with Gasteiger partial charge < -0.3 is 15.7 Å². The average Bonchev–Trinajstić information content (AvgIpc) is 2.74. The molecule has 6 nitrogen and oxygen atoms in total. The maximum absolute atomic E-state index is 12.4. The van der Waals surface area contributed by atoms with Crippen LogP contribution in [0.25, 0.3) is 0 Å². The lowest BCUT2D eigenvalue weighted by atomic mass is 10.1. The molecule has 0 saturated carbocycles. The van der Waals surface area contributed by atoms with Gasteiger partial charge in [0.2, 0.25) is 5.91 Å². The number of benzene rings is 2. The zero-order valence-corrected chi connectivity index (χ0v) is 17.7. The number of carbonyl (C=O) groups excluding carboxylic acids is 2. The fraction of sp³-hybridized carbons (Fsp3) is 0.417. The maximum atomic E-state index is 12.4. The Morgan fingerprint density at radius 2 is 1.77 bits per heavy atom. The van der Waals surface area contributed by atoms with Crippen LogP contribution in [0.3, 0.4) is 0 Å². The summed E-state index contributed by atoms with van der Waals surface area (Å²) >= 11 is 0. The SMILES string of the molecule is Cc1cccc(C(=O)NC(C)C(=O)NCc2ccc(CN3CCC(O)CC3)cc2)c1. The molecule has 1 saturated heterocycles. The van der Waals surface area contributed by atoms with Crippen molar-refractivity contribution in [2.24, 2.45) is 0 Å². The topological polar surface area (TPSA) is 81.7 Å². The Morgan fingerprint density at radius 3 is 2.43 bits per heavy atom. The van der Waals surface area contributed by atoms with Gasteiger partial charge in [-0.05, 0) is 49.9 Å². The third kappa shape index (κ3) is 6.40. The highest BCUT2D eigenvalue weighted by Gasteiger charge is 2.18. The van der Waals surface area contributed by atoms with Crippen molar-refractivity contribution < 1.29 is 14.7 Å². The van der Waals surface area contributed by atoms with E-state index in [-0.39, 0.29) is 17.9 Å². The Balaban J connectivity index is 1.44. The average molecular weight is 410 g/mol. The van der Waals surface area contributed by atoms with Crippen LogP contribution in [-0.2, 0) is 17.9 Å². The van der Waals surface area contributed by atoms with Crippen molar-refractivity contribution in [2.45, 2.75) is 51.9 Å². The molecule has 0 spiro atoms. The van der Waals surface area contributed by atoms with Crippen LogP contribution in [0.4, 0.5) is 0 Å². The Hall–Kier alpha value is -2.70. The monoisotopic (exact) mass is 409 g/mol. The first-order chi connectivity index (χ1) is 14.4. The minimum atomic E-state index is -0.619. The second-order valence-corrected chi connectivity index (χ2v) is 8.11. The Bertz CT molecular complexity index is 858. The molecule has 0 aliphatic carbocycles. The summed E-state index contributed by atoms with van der Waals surface area (Å²) in [4.78, 5) is 27.0. The third-order valence-corrected chi connectivity index (χ3v) is 5.47. The van der Waals surface area contributed by atoms with Crippen molar-refractivity contribution >= 4 is 11.8 Å². The summed E-state index contributed by atoms with van der Waals surface area (Å²) in [5.41, 5.74) is 3.79. The number of piperidine rings is 1. The van der Waals surface area contributed by atoms with Crippen LogP contribution in [0, 0.1) is 6.92 Å². The zero-order chi connectivity index (χ0) is 21.5. The second kappa shape index (κ2) is 10.4. The van der Waals surface area contributed by atoms with Gasteiger partial charge in [-0.2, -0.15) is 0 Å². The molecule has 2 aromatic carbocycles. The van der Waals surface area contributed by atoms with Gasteiger partial charge in [-0.1, -0.05) is 42.0 Å². The van der Waals surface area contributed by atoms with Crippen LogP contribution in [-0.4, -0.2) is 47.1 Å². The van der Waals surface area contributed by atoms with E-state index in [0.29, 0.717) is 12.1 Å². The number of amides is 2. The summed E-state index contributed by atoms with van der Waals surface area (Å²) in [6.07, 6.45) is 1.52. The quantitative estimate of drug-likeness (QED) is 0.656. The largest absolute Gasteiger partial charge is 0.393 e. The molecule has 1 atom stereocenters. The van der Waals surface area contributed by atoms with Gasteiger partial charge in [-0.25, -0.2) is 0 Å². The van der Waals surface area contributed by atoms with E-state index in [2.05, 4.69) is 27.7 Å². The number of hydrogen-bond donors (Lipinski definition) is 3. The third-order valence-electron chi connectivity index (χ3n) is 5.47. The number of aliphatic hydroxyl groups excluding tert-OH is 1. The lowest BCUT2D eigenvalue weighted by molar-refractivity contribution is -0.122. The Kier molecular flexibility index (Phi) is 7.60. The van der Waals surface area contributed by atoms with Crippen LogP contribution in [0.5, 0.6) is 0 Å². The Morgan fingerprint density at radius 1 is 1.10 bits per heavy atom.